The topological polar surface area (TPSA) is 17.1 Å². The summed E-state index contributed by atoms with van der Waals surface area (Å²) in [7, 11) is 0. The smallest absolute Gasteiger partial charge is 0.150 e. The summed E-state index contributed by atoms with van der Waals surface area (Å²) in [5, 5.41) is 0. The third-order valence-corrected chi connectivity index (χ3v) is 1.76. The molecule has 0 aliphatic carbocycles. The molecule has 0 saturated heterocycles. The van der Waals surface area contributed by atoms with E-state index >= 15 is 0 Å². The van der Waals surface area contributed by atoms with Crippen LogP contribution in [0.4, 0.5) is 0 Å². The highest BCUT2D eigenvalue weighted by atomic mass is 16.1. The van der Waals surface area contributed by atoms with Gasteiger partial charge < -0.3 is 0 Å². The molecule has 12 heavy (non-hydrogen) atoms. The van der Waals surface area contributed by atoms with Crippen LogP contribution in [-0.2, 0) is 6.42 Å². The van der Waals surface area contributed by atoms with E-state index in [2.05, 4.69) is 0 Å². The number of allylic oxidation sites excluding steroid dienone is 2. The van der Waals surface area contributed by atoms with E-state index in [4.69, 9.17) is 0 Å². The molecule has 0 fully saturated rings. The van der Waals surface area contributed by atoms with Gasteiger partial charge in [0.15, 0.2) is 0 Å². The van der Waals surface area contributed by atoms with Crippen molar-refractivity contribution in [2.75, 3.05) is 0 Å². The molecule has 62 valence electrons. The highest BCUT2D eigenvalue weighted by molar-refractivity contribution is 5.77. The van der Waals surface area contributed by atoms with Crippen LogP contribution in [0.5, 0.6) is 0 Å². The lowest BCUT2D eigenvalue weighted by Gasteiger charge is -1.98. The molecule has 1 nitrogen and oxygen atoms in total. The van der Waals surface area contributed by atoms with E-state index in [1.807, 2.05) is 43.3 Å². The van der Waals surface area contributed by atoms with Gasteiger partial charge in [0.05, 0.1) is 0 Å². The summed E-state index contributed by atoms with van der Waals surface area (Å²) < 4.78 is 0. The molecule has 0 aromatic heterocycles. The molecule has 1 aromatic rings. The molecule has 0 aliphatic rings. The van der Waals surface area contributed by atoms with Crippen LogP contribution in [0, 0.1) is 0 Å². The Labute approximate surface area is 72.7 Å². The van der Waals surface area contributed by atoms with Gasteiger partial charge in [-0.25, -0.2) is 0 Å². The lowest BCUT2D eigenvalue weighted by Crippen LogP contribution is -1.89. The summed E-state index contributed by atoms with van der Waals surface area (Å²) in [6, 6.07) is 7.64. The molecule has 0 saturated carbocycles. The summed E-state index contributed by atoms with van der Waals surface area (Å²) in [5.74, 6) is 0. The van der Waals surface area contributed by atoms with Gasteiger partial charge in [-0.1, -0.05) is 36.4 Å². The SMILES string of the molecule is CC=CCc1ccccc1C=O. The maximum atomic E-state index is 10.6. The molecule has 1 heteroatoms. The van der Waals surface area contributed by atoms with Gasteiger partial charge in [-0.2, -0.15) is 0 Å². The maximum absolute atomic E-state index is 10.6. The quantitative estimate of drug-likeness (QED) is 0.490. The van der Waals surface area contributed by atoms with Crippen LogP contribution in [0.1, 0.15) is 22.8 Å². The summed E-state index contributed by atoms with van der Waals surface area (Å²) in [4.78, 5) is 10.6. The normalized spacial score (nSPS) is 10.4. The number of rotatable bonds is 3. The second-order valence-corrected chi connectivity index (χ2v) is 2.59. The zero-order valence-electron chi connectivity index (χ0n) is 7.16. The fourth-order valence-electron chi connectivity index (χ4n) is 1.08. The van der Waals surface area contributed by atoms with Crippen LogP contribution in [-0.4, -0.2) is 6.29 Å². The molecule has 0 N–H and O–H groups in total. The Morgan fingerprint density at radius 3 is 2.75 bits per heavy atom. The van der Waals surface area contributed by atoms with E-state index in [1.54, 1.807) is 0 Å². The molecular weight excluding hydrogens is 148 g/mol. The first-order valence-electron chi connectivity index (χ1n) is 4.02. The standard InChI is InChI=1S/C11H12O/c1-2-3-6-10-7-4-5-8-11(10)9-12/h2-5,7-9H,6H2,1H3. The lowest BCUT2D eigenvalue weighted by molar-refractivity contribution is 0.112. The van der Waals surface area contributed by atoms with Crippen molar-refractivity contribution in [1.82, 2.24) is 0 Å². The minimum atomic E-state index is 0.788. The molecule has 1 rings (SSSR count). The minimum Gasteiger partial charge on any atom is -0.298 e. The number of carbonyl (C=O) groups is 1. The van der Waals surface area contributed by atoms with Crippen molar-refractivity contribution in [2.24, 2.45) is 0 Å². The number of benzene rings is 1. The third-order valence-electron chi connectivity index (χ3n) is 1.76. The molecular formula is C11H12O. The summed E-state index contributed by atoms with van der Waals surface area (Å²) in [5.41, 5.74) is 1.88. The van der Waals surface area contributed by atoms with Crippen molar-refractivity contribution in [2.45, 2.75) is 13.3 Å². The van der Waals surface area contributed by atoms with Crippen LogP contribution >= 0.6 is 0 Å². The molecule has 0 bridgehead atoms. The Morgan fingerprint density at radius 2 is 2.08 bits per heavy atom. The van der Waals surface area contributed by atoms with Crippen LogP contribution in [0.25, 0.3) is 0 Å². The predicted molar refractivity (Wildman–Crippen MR) is 50.3 cm³/mol. The highest BCUT2D eigenvalue weighted by Crippen LogP contribution is 2.07. The molecule has 0 spiro atoms. The molecule has 0 radical (unpaired) electrons. The van der Waals surface area contributed by atoms with E-state index in [0.29, 0.717) is 0 Å². The fourth-order valence-corrected chi connectivity index (χ4v) is 1.08. The first kappa shape index (κ1) is 8.72. The number of carbonyl (C=O) groups excluding carboxylic acids is 1. The lowest BCUT2D eigenvalue weighted by atomic mass is 10.1. The fraction of sp³-hybridized carbons (Fsp3) is 0.182. The Morgan fingerprint density at radius 1 is 1.33 bits per heavy atom. The van der Waals surface area contributed by atoms with E-state index < -0.39 is 0 Å². The van der Waals surface area contributed by atoms with Crippen molar-refractivity contribution in [3.63, 3.8) is 0 Å². The molecule has 0 unspecified atom stereocenters. The van der Waals surface area contributed by atoms with E-state index in [0.717, 1.165) is 23.8 Å². The molecule has 0 atom stereocenters. The Hall–Kier alpha value is -1.37. The maximum Gasteiger partial charge on any atom is 0.150 e. The van der Waals surface area contributed by atoms with Crippen LogP contribution < -0.4 is 0 Å². The zero-order valence-corrected chi connectivity index (χ0v) is 7.16. The average Bonchev–Trinajstić information content (AvgIpc) is 2.15. The molecule has 1 aromatic carbocycles. The van der Waals surface area contributed by atoms with Crippen molar-refractivity contribution in [3.8, 4) is 0 Å². The van der Waals surface area contributed by atoms with Crippen LogP contribution in [0.3, 0.4) is 0 Å². The summed E-state index contributed by atoms with van der Waals surface area (Å²) >= 11 is 0. The van der Waals surface area contributed by atoms with Crippen molar-refractivity contribution in [1.29, 1.82) is 0 Å². The first-order valence-corrected chi connectivity index (χ1v) is 4.02. The largest absolute Gasteiger partial charge is 0.298 e. The van der Waals surface area contributed by atoms with Gasteiger partial charge in [-0.05, 0) is 18.9 Å². The van der Waals surface area contributed by atoms with Crippen molar-refractivity contribution >= 4 is 6.29 Å². The second kappa shape index (κ2) is 4.50. The van der Waals surface area contributed by atoms with Gasteiger partial charge in [-0.15, -0.1) is 0 Å². The van der Waals surface area contributed by atoms with Crippen molar-refractivity contribution in [3.05, 3.63) is 47.5 Å². The Bertz CT molecular complexity index is 287. The Balaban J connectivity index is 2.89. The van der Waals surface area contributed by atoms with Crippen molar-refractivity contribution < 1.29 is 4.79 Å². The van der Waals surface area contributed by atoms with Crippen LogP contribution in [0.2, 0.25) is 0 Å². The third kappa shape index (κ3) is 2.06. The molecule has 0 heterocycles. The second-order valence-electron chi connectivity index (χ2n) is 2.59. The monoisotopic (exact) mass is 160 g/mol. The van der Waals surface area contributed by atoms with Gasteiger partial charge in [0, 0.05) is 5.56 Å². The van der Waals surface area contributed by atoms with E-state index in [9.17, 15) is 4.79 Å². The highest BCUT2D eigenvalue weighted by Gasteiger charge is 1.96. The minimum absolute atomic E-state index is 0.788. The number of hydrogen-bond acceptors (Lipinski definition) is 1. The number of hydrogen-bond donors (Lipinski definition) is 0. The number of aldehydes is 1. The van der Waals surface area contributed by atoms with E-state index in [1.165, 1.54) is 0 Å². The van der Waals surface area contributed by atoms with Gasteiger partial charge >= 0.3 is 0 Å². The first-order chi connectivity index (χ1) is 5.88. The van der Waals surface area contributed by atoms with Gasteiger partial charge in [0.2, 0.25) is 0 Å². The van der Waals surface area contributed by atoms with Gasteiger partial charge in [0.25, 0.3) is 0 Å². The van der Waals surface area contributed by atoms with Gasteiger partial charge in [0.1, 0.15) is 6.29 Å². The van der Waals surface area contributed by atoms with E-state index in [-0.39, 0.29) is 0 Å². The van der Waals surface area contributed by atoms with Gasteiger partial charge in [-0.3, -0.25) is 4.79 Å². The molecule has 0 amide bonds. The van der Waals surface area contributed by atoms with Crippen LogP contribution in [0.15, 0.2) is 36.4 Å². The summed E-state index contributed by atoms with van der Waals surface area (Å²) in [6.07, 6.45) is 5.77. The average molecular weight is 160 g/mol. The molecule has 0 aliphatic heterocycles. The zero-order chi connectivity index (χ0) is 8.81. The predicted octanol–water partition coefficient (Wildman–Crippen LogP) is 2.62. The summed E-state index contributed by atoms with van der Waals surface area (Å²) in [6.45, 7) is 1.98. The Kier molecular flexibility index (Phi) is 3.27.